The van der Waals surface area contributed by atoms with E-state index in [1.54, 1.807) is 18.2 Å². The molecule has 1 heterocycles. The van der Waals surface area contributed by atoms with Gasteiger partial charge in [0, 0.05) is 5.39 Å². The highest BCUT2D eigenvalue weighted by atomic mass is 16.5. The second-order valence-electron chi connectivity index (χ2n) is 6.63. The van der Waals surface area contributed by atoms with Gasteiger partial charge in [0.1, 0.15) is 18.1 Å². The van der Waals surface area contributed by atoms with Crippen molar-refractivity contribution in [1.29, 1.82) is 0 Å². The number of carbonyl (C=O) groups excluding carboxylic acids is 1. The van der Waals surface area contributed by atoms with Crippen LogP contribution in [0.5, 0.6) is 5.75 Å². The molecule has 4 aromatic rings. The van der Waals surface area contributed by atoms with Crippen molar-refractivity contribution in [3.63, 3.8) is 0 Å². The van der Waals surface area contributed by atoms with Crippen LogP contribution in [0.3, 0.4) is 0 Å². The second kappa shape index (κ2) is 8.45. The summed E-state index contributed by atoms with van der Waals surface area (Å²) in [6.45, 7) is 0.312. The van der Waals surface area contributed by atoms with Gasteiger partial charge in [0.25, 0.3) is 5.91 Å². The number of carboxylic acids is 1. The van der Waals surface area contributed by atoms with E-state index in [2.05, 4.69) is 10.3 Å². The Labute approximate surface area is 172 Å². The van der Waals surface area contributed by atoms with Gasteiger partial charge in [0.05, 0.1) is 16.8 Å². The van der Waals surface area contributed by atoms with Gasteiger partial charge >= 0.3 is 5.97 Å². The summed E-state index contributed by atoms with van der Waals surface area (Å²) >= 11 is 0. The number of aromatic nitrogens is 1. The normalized spacial score (nSPS) is 10.5. The number of anilines is 1. The Kier molecular flexibility index (Phi) is 5.39. The van der Waals surface area contributed by atoms with Gasteiger partial charge in [-0.1, -0.05) is 54.6 Å². The molecule has 0 fully saturated rings. The summed E-state index contributed by atoms with van der Waals surface area (Å²) in [4.78, 5) is 28.7. The summed E-state index contributed by atoms with van der Waals surface area (Å²) in [5.41, 5.74) is 1.97. The number of benzene rings is 3. The highest BCUT2D eigenvalue weighted by Crippen LogP contribution is 2.24. The van der Waals surface area contributed by atoms with E-state index >= 15 is 0 Å². The van der Waals surface area contributed by atoms with Crippen LogP contribution in [0.1, 0.15) is 26.4 Å². The van der Waals surface area contributed by atoms with Crippen LogP contribution in [-0.4, -0.2) is 22.0 Å². The molecule has 0 unspecified atom stereocenters. The predicted octanol–water partition coefficient (Wildman–Crippen LogP) is 4.76. The van der Waals surface area contributed by atoms with E-state index in [0.717, 1.165) is 10.9 Å². The van der Waals surface area contributed by atoms with Crippen molar-refractivity contribution in [1.82, 2.24) is 4.98 Å². The molecule has 0 bridgehead atoms. The molecule has 0 saturated heterocycles. The number of amides is 1. The highest BCUT2D eigenvalue weighted by molar-refractivity contribution is 6.07. The summed E-state index contributed by atoms with van der Waals surface area (Å²) in [7, 11) is 0. The smallest absolute Gasteiger partial charge is 0.337 e. The summed E-state index contributed by atoms with van der Waals surface area (Å²) in [6.07, 6.45) is 0. The van der Waals surface area contributed by atoms with Gasteiger partial charge in [-0.25, -0.2) is 9.78 Å². The van der Waals surface area contributed by atoms with Gasteiger partial charge in [-0.3, -0.25) is 4.79 Å². The van der Waals surface area contributed by atoms with Crippen LogP contribution >= 0.6 is 0 Å². The largest absolute Gasteiger partial charge is 0.489 e. The second-order valence-corrected chi connectivity index (χ2v) is 6.63. The number of pyridine rings is 1. The average Bonchev–Trinajstić information content (AvgIpc) is 2.78. The SMILES string of the molecule is O=C(Nc1ccc(OCc2ccccc2)cc1C(=O)O)c1ccc2ccccc2n1. The van der Waals surface area contributed by atoms with Crippen LogP contribution in [0.2, 0.25) is 0 Å². The molecule has 1 amide bonds. The van der Waals surface area contributed by atoms with Crippen LogP contribution in [-0.2, 0) is 6.61 Å². The standard InChI is InChI=1S/C24H18N2O4/c27-23(22-12-10-17-8-4-5-9-20(17)25-22)26-21-13-11-18(14-19(21)24(28)29)30-15-16-6-2-1-3-7-16/h1-14H,15H2,(H,26,27)(H,28,29). The zero-order chi connectivity index (χ0) is 20.9. The Morgan fingerprint density at radius 3 is 2.47 bits per heavy atom. The monoisotopic (exact) mass is 398 g/mol. The maximum absolute atomic E-state index is 12.6. The van der Waals surface area contributed by atoms with Crippen LogP contribution in [0, 0.1) is 0 Å². The maximum Gasteiger partial charge on any atom is 0.337 e. The third kappa shape index (κ3) is 4.28. The van der Waals surface area contributed by atoms with Gasteiger partial charge in [-0.2, -0.15) is 0 Å². The molecule has 0 radical (unpaired) electrons. The zero-order valence-corrected chi connectivity index (χ0v) is 15.9. The molecule has 4 rings (SSSR count). The van der Waals surface area contributed by atoms with Crippen LogP contribution in [0.4, 0.5) is 5.69 Å². The molecule has 0 saturated carbocycles. The lowest BCUT2D eigenvalue weighted by molar-refractivity contribution is 0.0697. The van der Waals surface area contributed by atoms with E-state index in [0.29, 0.717) is 17.9 Å². The van der Waals surface area contributed by atoms with Crippen molar-refractivity contribution in [2.75, 3.05) is 5.32 Å². The van der Waals surface area contributed by atoms with Gasteiger partial charge in [-0.05, 0) is 35.9 Å². The lowest BCUT2D eigenvalue weighted by Gasteiger charge is -2.12. The first-order valence-electron chi connectivity index (χ1n) is 9.31. The lowest BCUT2D eigenvalue weighted by Crippen LogP contribution is -2.16. The van der Waals surface area contributed by atoms with Crippen LogP contribution < -0.4 is 10.1 Å². The fraction of sp³-hybridized carbons (Fsp3) is 0.0417. The third-order valence-corrected chi connectivity index (χ3v) is 4.55. The number of ether oxygens (including phenoxy) is 1. The van der Waals surface area contributed by atoms with E-state index < -0.39 is 11.9 Å². The first-order chi connectivity index (χ1) is 14.6. The van der Waals surface area contributed by atoms with E-state index in [4.69, 9.17) is 4.74 Å². The Hall–Kier alpha value is -4.19. The lowest BCUT2D eigenvalue weighted by atomic mass is 10.1. The summed E-state index contributed by atoms with van der Waals surface area (Å²) in [5, 5.41) is 13.1. The first-order valence-corrected chi connectivity index (χ1v) is 9.31. The van der Waals surface area contributed by atoms with Crippen molar-refractivity contribution < 1.29 is 19.4 Å². The number of aromatic carboxylic acids is 1. The summed E-state index contributed by atoms with van der Waals surface area (Å²) < 4.78 is 5.69. The van der Waals surface area contributed by atoms with E-state index in [1.807, 2.05) is 54.6 Å². The van der Waals surface area contributed by atoms with Crippen LogP contribution in [0.25, 0.3) is 10.9 Å². The van der Waals surface area contributed by atoms with Gasteiger partial charge in [0.2, 0.25) is 0 Å². The molecule has 30 heavy (non-hydrogen) atoms. The molecule has 0 aliphatic heterocycles. The number of nitrogens with one attached hydrogen (secondary N) is 1. The number of carboxylic acid groups (broad SMARTS) is 1. The Bertz CT molecular complexity index is 1220. The number of carbonyl (C=O) groups is 2. The van der Waals surface area contributed by atoms with E-state index in [-0.39, 0.29) is 16.9 Å². The molecule has 6 nitrogen and oxygen atoms in total. The molecule has 3 aromatic carbocycles. The molecule has 6 heteroatoms. The van der Waals surface area contributed by atoms with Gasteiger partial charge in [0.15, 0.2) is 0 Å². The van der Waals surface area contributed by atoms with Crippen LogP contribution in [0.15, 0.2) is 84.9 Å². The molecule has 148 valence electrons. The Balaban J connectivity index is 1.53. The van der Waals surface area contributed by atoms with Crippen molar-refractivity contribution in [2.24, 2.45) is 0 Å². The Morgan fingerprint density at radius 1 is 0.900 bits per heavy atom. The van der Waals surface area contributed by atoms with E-state index in [1.165, 1.54) is 12.1 Å². The number of nitrogens with zero attached hydrogens (tertiary/aromatic N) is 1. The minimum Gasteiger partial charge on any atom is -0.489 e. The summed E-state index contributed by atoms with van der Waals surface area (Å²) in [6, 6.07) is 25.0. The number of hydrogen-bond acceptors (Lipinski definition) is 4. The third-order valence-electron chi connectivity index (χ3n) is 4.55. The molecule has 0 aliphatic carbocycles. The molecular weight excluding hydrogens is 380 g/mol. The molecule has 0 aliphatic rings. The van der Waals surface area contributed by atoms with Crippen molar-refractivity contribution in [2.45, 2.75) is 6.61 Å². The number of hydrogen-bond donors (Lipinski definition) is 2. The minimum atomic E-state index is -1.16. The Morgan fingerprint density at radius 2 is 1.67 bits per heavy atom. The summed E-state index contributed by atoms with van der Waals surface area (Å²) in [5.74, 6) is -1.25. The van der Waals surface area contributed by atoms with E-state index in [9.17, 15) is 14.7 Å². The fourth-order valence-corrected chi connectivity index (χ4v) is 3.02. The number of fused-ring (bicyclic) bond motifs is 1. The molecule has 0 atom stereocenters. The first kappa shape index (κ1) is 19.1. The topological polar surface area (TPSA) is 88.5 Å². The fourth-order valence-electron chi connectivity index (χ4n) is 3.02. The molecule has 2 N–H and O–H groups in total. The van der Waals surface area contributed by atoms with Crippen molar-refractivity contribution >= 4 is 28.5 Å². The zero-order valence-electron chi connectivity index (χ0n) is 15.9. The highest BCUT2D eigenvalue weighted by Gasteiger charge is 2.16. The number of rotatable bonds is 6. The van der Waals surface area contributed by atoms with Crippen molar-refractivity contribution in [3.05, 3.63) is 102 Å². The van der Waals surface area contributed by atoms with Gasteiger partial charge in [-0.15, -0.1) is 0 Å². The average molecular weight is 398 g/mol. The molecule has 0 spiro atoms. The molecular formula is C24H18N2O4. The predicted molar refractivity (Wildman–Crippen MR) is 114 cm³/mol. The van der Waals surface area contributed by atoms with Gasteiger partial charge < -0.3 is 15.2 Å². The molecule has 1 aromatic heterocycles. The minimum absolute atomic E-state index is 0.0605. The van der Waals surface area contributed by atoms with Crippen molar-refractivity contribution in [3.8, 4) is 5.75 Å². The quantitative estimate of drug-likeness (QED) is 0.489. The maximum atomic E-state index is 12.6. The number of para-hydroxylation sites is 1.